The molecule has 0 saturated heterocycles. The van der Waals surface area contributed by atoms with Crippen molar-refractivity contribution >= 4 is 56.5 Å². The topological polar surface area (TPSA) is 83.7 Å². The first-order valence-corrected chi connectivity index (χ1v) is 13.6. The molecule has 198 valence electrons. The van der Waals surface area contributed by atoms with Gasteiger partial charge in [0.25, 0.3) is 11.8 Å². The van der Waals surface area contributed by atoms with Crippen LogP contribution in [0.15, 0.2) is 75.9 Å². The molecule has 7 nitrogen and oxygen atoms in total. The summed E-state index contributed by atoms with van der Waals surface area (Å²) >= 11 is 7.47. The molecule has 1 atom stereocenters. The van der Waals surface area contributed by atoms with Crippen LogP contribution in [0.1, 0.15) is 37.8 Å². The fourth-order valence-corrected chi connectivity index (χ4v) is 6.77. The number of amides is 2. The third-order valence-corrected chi connectivity index (χ3v) is 8.87. The molecule has 5 aromatic rings. The van der Waals surface area contributed by atoms with E-state index >= 15 is 0 Å². The third kappa shape index (κ3) is 3.16. The molecular weight excluding hydrogens is 553 g/mol. The number of carbonyl (C=O) groups is 2. The molecule has 2 aliphatic heterocycles. The van der Waals surface area contributed by atoms with E-state index in [4.69, 9.17) is 16.0 Å². The molecule has 1 spiro atoms. The van der Waals surface area contributed by atoms with Crippen LogP contribution in [-0.2, 0) is 16.9 Å². The van der Waals surface area contributed by atoms with Gasteiger partial charge in [-0.3, -0.25) is 19.3 Å². The number of nitrogens with zero attached hydrogens (tertiary/aromatic N) is 3. The minimum absolute atomic E-state index is 0.105. The molecule has 4 heterocycles. The second-order valence-electron chi connectivity index (χ2n) is 9.76. The summed E-state index contributed by atoms with van der Waals surface area (Å²) in [7, 11) is 0. The summed E-state index contributed by atoms with van der Waals surface area (Å²) in [6.45, 7) is 3.57. The SMILES string of the molecule is Cc1nc(N2C(=O)c3oc4ccc(Cl)cc4c(=O)c3C23C(=O)N(Cc2ccccc2F)c2ccccc23)sc1C. The van der Waals surface area contributed by atoms with E-state index in [2.05, 4.69) is 4.98 Å². The summed E-state index contributed by atoms with van der Waals surface area (Å²) < 4.78 is 20.9. The molecule has 0 bridgehead atoms. The lowest BCUT2D eigenvalue weighted by molar-refractivity contribution is -0.121. The zero-order chi connectivity index (χ0) is 27.9. The van der Waals surface area contributed by atoms with Gasteiger partial charge in [0.05, 0.1) is 28.9 Å². The number of aromatic nitrogens is 1. The van der Waals surface area contributed by atoms with Crippen LogP contribution < -0.4 is 15.2 Å². The lowest BCUT2D eigenvalue weighted by atomic mass is 9.84. The highest BCUT2D eigenvalue weighted by Crippen LogP contribution is 2.55. The summed E-state index contributed by atoms with van der Waals surface area (Å²) in [6, 6.07) is 17.6. The Hall–Kier alpha value is -4.34. The predicted octanol–water partition coefficient (Wildman–Crippen LogP) is 6.11. The first kappa shape index (κ1) is 24.7. The molecule has 1 unspecified atom stereocenters. The van der Waals surface area contributed by atoms with Crippen molar-refractivity contribution in [3.8, 4) is 0 Å². The maximum atomic E-state index is 14.8. The highest BCUT2D eigenvalue weighted by molar-refractivity contribution is 7.16. The maximum Gasteiger partial charge on any atom is 0.297 e. The normalized spacial score (nSPS) is 17.8. The molecule has 2 aromatic heterocycles. The smallest absolute Gasteiger partial charge is 0.297 e. The van der Waals surface area contributed by atoms with Crippen LogP contribution in [-0.4, -0.2) is 16.8 Å². The molecule has 2 amide bonds. The number of benzene rings is 3. The van der Waals surface area contributed by atoms with Gasteiger partial charge in [-0.25, -0.2) is 9.37 Å². The minimum atomic E-state index is -1.91. The lowest BCUT2D eigenvalue weighted by Gasteiger charge is -2.32. The van der Waals surface area contributed by atoms with E-state index in [0.717, 1.165) is 4.88 Å². The Morgan fingerprint density at radius 3 is 2.52 bits per heavy atom. The second kappa shape index (κ2) is 8.58. The van der Waals surface area contributed by atoms with Gasteiger partial charge in [0, 0.05) is 21.0 Å². The Balaban J connectivity index is 1.58. The Morgan fingerprint density at radius 1 is 1.02 bits per heavy atom. The van der Waals surface area contributed by atoms with Crippen LogP contribution in [0, 0.1) is 19.7 Å². The van der Waals surface area contributed by atoms with Gasteiger partial charge < -0.3 is 9.32 Å². The molecular formula is C30H19ClFN3O4S. The molecule has 0 radical (unpaired) electrons. The molecule has 10 heteroatoms. The van der Waals surface area contributed by atoms with Gasteiger partial charge in [-0.15, -0.1) is 11.3 Å². The van der Waals surface area contributed by atoms with Crippen LogP contribution >= 0.6 is 22.9 Å². The largest absolute Gasteiger partial charge is 0.450 e. The quantitative estimate of drug-likeness (QED) is 0.261. The van der Waals surface area contributed by atoms with E-state index in [0.29, 0.717) is 22.0 Å². The summed E-state index contributed by atoms with van der Waals surface area (Å²) in [4.78, 5) is 51.5. The van der Waals surface area contributed by atoms with Crippen molar-refractivity contribution in [2.45, 2.75) is 25.9 Å². The highest BCUT2D eigenvalue weighted by atomic mass is 35.5. The molecule has 2 aliphatic rings. The number of anilines is 2. The van der Waals surface area contributed by atoms with Gasteiger partial charge in [-0.1, -0.05) is 48.0 Å². The zero-order valence-corrected chi connectivity index (χ0v) is 22.8. The van der Waals surface area contributed by atoms with Crippen molar-refractivity contribution in [1.82, 2.24) is 4.98 Å². The third-order valence-electron chi connectivity index (χ3n) is 7.58. The standard InChI is InChI=1S/C30H19ClFN3O4S/c1-15-16(2)40-29(33-15)35-27(37)26-24(25(36)19-13-18(31)11-12-23(19)39-26)30(35)20-8-4-6-10-22(20)34(28(30)38)14-17-7-3-5-9-21(17)32/h3-13H,14H2,1-2H3. The molecule has 0 fully saturated rings. The van der Waals surface area contributed by atoms with Crippen LogP contribution in [0.2, 0.25) is 5.02 Å². The van der Waals surface area contributed by atoms with Gasteiger partial charge in [-0.05, 0) is 44.2 Å². The van der Waals surface area contributed by atoms with Crippen molar-refractivity contribution < 1.29 is 18.4 Å². The van der Waals surface area contributed by atoms with E-state index in [-0.39, 0.29) is 39.5 Å². The summed E-state index contributed by atoms with van der Waals surface area (Å²) in [5, 5.41) is 0.703. The average molecular weight is 572 g/mol. The summed E-state index contributed by atoms with van der Waals surface area (Å²) in [6.07, 6.45) is 0. The van der Waals surface area contributed by atoms with Gasteiger partial charge in [0.15, 0.2) is 16.1 Å². The molecule has 7 rings (SSSR count). The highest BCUT2D eigenvalue weighted by Gasteiger charge is 2.66. The Labute approximate surface area is 236 Å². The van der Waals surface area contributed by atoms with E-state index in [1.807, 2.05) is 13.8 Å². The Bertz CT molecular complexity index is 1970. The number of aryl methyl sites for hydroxylation is 2. The van der Waals surface area contributed by atoms with E-state index in [9.17, 15) is 18.8 Å². The van der Waals surface area contributed by atoms with Crippen molar-refractivity contribution in [3.63, 3.8) is 0 Å². The molecule has 0 N–H and O–H groups in total. The number of rotatable bonds is 3. The number of halogens is 2. The maximum absolute atomic E-state index is 14.8. The number of hydrogen-bond donors (Lipinski definition) is 0. The predicted molar refractivity (Wildman–Crippen MR) is 151 cm³/mol. The fraction of sp³-hybridized carbons (Fsp3) is 0.133. The van der Waals surface area contributed by atoms with E-state index in [1.165, 1.54) is 39.3 Å². The van der Waals surface area contributed by atoms with Crippen molar-refractivity contribution in [3.05, 3.63) is 121 Å². The van der Waals surface area contributed by atoms with Crippen molar-refractivity contribution in [2.75, 3.05) is 9.80 Å². The monoisotopic (exact) mass is 571 g/mol. The number of thiazole rings is 1. The molecule has 40 heavy (non-hydrogen) atoms. The van der Waals surface area contributed by atoms with Crippen LogP contribution in [0.4, 0.5) is 15.2 Å². The first-order valence-electron chi connectivity index (χ1n) is 12.4. The van der Waals surface area contributed by atoms with Gasteiger partial charge in [-0.2, -0.15) is 0 Å². The summed E-state index contributed by atoms with van der Waals surface area (Å²) in [5.74, 6) is -1.95. The van der Waals surface area contributed by atoms with Crippen LogP contribution in [0.25, 0.3) is 11.0 Å². The molecule has 0 aliphatic carbocycles. The van der Waals surface area contributed by atoms with Gasteiger partial charge in [0.1, 0.15) is 11.4 Å². The Morgan fingerprint density at radius 2 is 1.77 bits per heavy atom. The van der Waals surface area contributed by atoms with Crippen LogP contribution in [0.5, 0.6) is 0 Å². The number of fused-ring (bicyclic) bond motifs is 5. The first-order chi connectivity index (χ1) is 19.2. The minimum Gasteiger partial charge on any atom is -0.450 e. The molecule has 3 aromatic carbocycles. The number of hydrogen-bond acceptors (Lipinski definition) is 6. The van der Waals surface area contributed by atoms with E-state index < -0.39 is 28.6 Å². The summed E-state index contributed by atoms with van der Waals surface area (Å²) in [5.41, 5.74) is -0.551. The second-order valence-corrected chi connectivity index (χ2v) is 11.4. The lowest BCUT2D eigenvalue weighted by Crippen LogP contribution is -2.53. The average Bonchev–Trinajstić information content (AvgIpc) is 3.49. The van der Waals surface area contributed by atoms with Gasteiger partial charge in [0.2, 0.25) is 5.76 Å². The van der Waals surface area contributed by atoms with Crippen molar-refractivity contribution in [2.24, 2.45) is 0 Å². The van der Waals surface area contributed by atoms with Gasteiger partial charge >= 0.3 is 0 Å². The van der Waals surface area contributed by atoms with Crippen molar-refractivity contribution in [1.29, 1.82) is 0 Å². The Kier molecular flexibility index (Phi) is 5.29. The van der Waals surface area contributed by atoms with Crippen LogP contribution in [0.3, 0.4) is 0 Å². The fourth-order valence-electron chi connectivity index (χ4n) is 5.64. The zero-order valence-electron chi connectivity index (χ0n) is 21.2. The molecule has 0 saturated carbocycles. The number of carbonyl (C=O) groups excluding carboxylic acids is 2. The number of para-hydroxylation sites is 1. The van der Waals surface area contributed by atoms with E-state index in [1.54, 1.807) is 48.5 Å².